The van der Waals surface area contributed by atoms with Crippen molar-refractivity contribution in [2.45, 2.75) is 13.5 Å². The zero-order valence-corrected chi connectivity index (χ0v) is 14.4. The van der Waals surface area contributed by atoms with Crippen molar-refractivity contribution < 1.29 is 9.59 Å². The van der Waals surface area contributed by atoms with E-state index in [1.807, 2.05) is 31.2 Å². The number of carbonyl (C=O) groups excluding carboxylic acids is 2. The van der Waals surface area contributed by atoms with Gasteiger partial charge in [0.25, 0.3) is 5.91 Å². The zero-order valence-electron chi connectivity index (χ0n) is 14.4. The summed E-state index contributed by atoms with van der Waals surface area (Å²) in [7, 11) is 5.05. The molecule has 126 valence electrons. The van der Waals surface area contributed by atoms with E-state index in [4.69, 9.17) is 0 Å². The normalized spacial score (nSPS) is 10.2. The van der Waals surface area contributed by atoms with E-state index in [0.717, 1.165) is 11.1 Å². The summed E-state index contributed by atoms with van der Waals surface area (Å²) in [5.74, 6) is -0.209. The Hall–Kier alpha value is -2.89. The second-order valence-electron chi connectivity index (χ2n) is 5.84. The fourth-order valence-electron chi connectivity index (χ4n) is 2.19. The molecule has 0 saturated carbocycles. The number of benzene rings is 1. The first kappa shape index (κ1) is 17.5. The van der Waals surface area contributed by atoms with E-state index in [2.05, 4.69) is 10.3 Å². The highest BCUT2D eigenvalue weighted by Crippen LogP contribution is 2.13. The molecule has 1 aromatic heterocycles. The molecule has 3 amide bonds. The predicted octanol–water partition coefficient (Wildman–Crippen LogP) is 2.76. The van der Waals surface area contributed by atoms with Crippen LogP contribution in [0.1, 0.15) is 21.6 Å². The van der Waals surface area contributed by atoms with E-state index in [1.54, 1.807) is 38.2 Å². The molecule has 0 bridgehead atoms. The van der Waals surface area contributed by atoms with Gasteiger partial charge in [0.1, 0.15) is 5.69 Å². The predicted molar refractivity (Wildman–Crippen MR) is 93.9 cm³/mol. The van der Waals surface area contributed by atoms with E-state index in [-0.39, 0.29) is 11.9 Å². The van der Waals surface area contributed by atoms with Crippen molar-refractivity contribution in [2.24, 2.45) is 0 Å². The lowest BCUT2D eigenvalue weighted by Crippen LogP contribution is -2.31. The van der Waals surface area contributed by atoms with Gasteiger partial charge in [0.2, 0.25) is 0 Å². The highest BCUT2D eigenvalue weighted by Gasteiger charge is 2.13. The van der Waals surface area contributed by atoms with E-state index in [0.29, 0.717) is 17.9 Å². The third-order valence-corrected chi connectivity index (χ3v) is 3.65. The van der Waals surface area contributed by atoms with Crippen LogP contribution in [0.4, 0.5) is 10.5 Å². The standard InChI is InChI=1S/C18H22N4O2/c1-13-7-5-6-8-14(13)12-22(4)18(24)20-15-9-10-19-16(11-15)17(23)21(2)3/h5-11H,12H2,1-4H3,(H,19,20,24). The number of nitrogens with zero attached hydrogens (tertiary/aromatic N) is 3. The van der Waals surface area contributed by atoms with Crippen molar-refractivity contribution in [1.82, 2.24) is 14.8 Å². The summed E-state index contributed by atoms with van der Waals surface area (Å²) >= 11 is 0. The average Bonchev–Trinajstić information content (AvgIpc) is 2.56. The van der Waals surface area contributed by atoms with Crippen LogP contribution in [0.2, 0.25) is 0 Å². The molecule has 0 aliphatic heterocycles. The Morgan fingerprint density at radius 2 is 1.83 bits per heavy atom. The quantitative estimate of drug-likeness (QED) is 0.939. The SMILES string of the molecule is Cc1ccccc1CN(C)C(=O)Nc1ccnc(C(=O)N(C)C)c1. The molecule has 0 radical (unpaired) electrons. The molecule has 2 aromatic rings. The fourth-order valence-corrected chi connectivity index (χ4v) is 2.19. The first-order valence-electron chi connectivity index (χ1n) is 7.63. The van der Waals surface area contributed by atoms with Crippen LogP contribution in [0.15, 0.2) is 42.6 Å². The van der Waals surface area contributed by atoms with E-state index in [1.165, 1.54) is 11.1 Å². The van der Waals surface area contributed by atoms with Gasteiger partial charge in [-0.2, -0.15) is 0 Å². The van der Waals surface area contributed by atoms with Crippen LogP contribution in [0.5, 0.6) is 0 Å². The molecule has 0 saturated heterocycles. The zero-order chi connectivity index (χ0) is 17.7. The van der Waals surface area contributed by atoms with Crippen molar-refractivity contribution in [3.63, 3.8) is 0 Å². The second kappa shape index (κ2) is 7.59. The molecular weight excluding hydrogens is 304 g/mol. The number of carbonyl (C=O) groups is 2. The van der Waals surface area contributed by atoms with Gasteiger partial charge in [-0.05, 0) is 30.2 Å². The van der Waals surface area contributed by atoms with Gasteiger partial charge in [0.15, 0.2) is 0 Å². The van der Waals surface area contributed by atoms with Gasteiger partial charge < -0.3 is 15.1 Å². The Bertz CT molecular complexity index is 743. The minimum absolute atomic E-state index is 0.209. The van der Waals surface area contributed by atoms with Gasteiger partial charge in [-0.3, -0.25) is 9.78 Å². The van der Waals surface area contributed by atoms with Crippen molar-refractivity contribution in [3.8, 4) is 0 Å². The van der Waals surface area contributed by atoms with Gasteiger partial charge in [-0.1, -0.05) is 24.3 Å². The Kier molecular flexibility index (Phi) is 5.52. The minimum Gasteiger partial charge on any atom is -0.343 e. The molecule has 0 spiro atoms. The van der Waals surface area contributed by atoms with Crippen LogP contribution in [-0.2, 0) is 6.54 Å². The molecule has 0 fully saturated rings. The molecule has 1 aromatic carbocycles. The van der Waals surface area contributed by atoms with Crippen LogP contribution < -0.4 is 5.32 Å². The lowest BCUT2D eigenvalue weighted by Gasteiger charge is -2.19. The lowest BCUT2D eigenvalue weighted by atomic mass is 10.1. The largest absolute Gasteiger partial charge is 0.343 e. The Balaban J connectivity index is 2.05. The first-order chi connectivity index (χ1) is 11.4. The van der Waals surface area contributed by atoms with Crippen molar-refractivity contribution in [3.05, 3.63) is 59.4 Å². The number of hydrogen-bond acceptors (Lipinski definition) is 3. The van der Waals surface area contributed by atoms with Gasteiger partial charge in [0, 0.05) is 39.6 Å². The monoisotopic (exact) mass is 326 g/mol. The number of hydrogen-bond donors (Lipinski definition) is 1. The highest BCUT2D eigenvalue weighted by molar-refractivity contribution is 5.95. The Morgan fingerprint density at radius 1 is 1.12 bits per heavy atom. The molecule has 24 heavy (non-hydrogen) atoms. The molecule has 2 rings (SSSR count). The molecule has 1 heterocycles. The lowest BCUT2D eigenvalue weighted by molar-refractivity contribution is 0.0822. The summed E-state index contributed by atoms with van der Waals surface area (Å²) in [6.07, 6.45) is 1.51. The second-order valence-corrected chi connectivity index (χ2v) is 5.84. The summed E-state index contributed by atoms with van der Waals surface area (Å²) in [5, 5.41) is 2.79. The molecule has 0 aliphatic carbocycles. The maximum atomic E-state index is 12.3. The molecule has 0 atom stereocenters. The van der Waals surface area contributed by atoms with Crippen LogP contribution in [0, 0.1) is 6.92 Å². The number of aryl methyl sites for hydroxylation is 1. The molecule has 0 aliphatic rings. The summed E-state index contributed by atoms with van der Waals surface area (Å²) in [6, 6.07) is 10.9. The number of urea groups is 1. The number of aromatic nitrogens is 1. The Morgan fingerprint density at radius 3 is 2.50 bits per heavy atom. The van der Waals surface area contributed by atoms with Crippen LogP contribution >= 0.6 is 0 Å². The van der Waals surface area contributed by atoms with Crippen LogP contribution in [-0.4, -0.2) is 47.9 Å². The summed E-state index contributed by atoms with van der Waals surface area (Å²) in [5.41, 5.74) is 3.06. The number of rotatable bonds is 4. The number of anilines is 1. The van der Waals surface area contributed by atoms with Crippen molar-refractivity contribution in [2.75, 3.05) is 26.5 Å². The van der Waals surface area contributed by atoms with Gasteiger partial charge in [-0.25, -0.2) is 4.79 Å². The number of nitrogens with one attached hydrogen (secondary N) is 1. The first-order valence-corrected chi connectivity index (χ1v) is 7.63. The molecule has 6 heteroatoms. The van der Waals surface area contributed by atoms with Crippen LogP contribution in [0.3, 0.4) is 0 Å². The third-order valence-electron chi connectivity index (χ3n) is 3.65. The van der Waals surface area contributed by atoms with Gasteiger partial charge in [0.05, 0.1) is 0 Å². The maximum absolute atomic E-state index is 12.3. The minimum atomic E-state index is -0.243. The topological polar surface area (TPSA) is 65.5 Å². The summed E-state index contributed by atoms with van der Waals surface area (Å²) in [4.78, 5) is 31.3. The number of amides is 3. The third kappa shape index (κ3) is 4.32. The van der Waals surface area contributed by atoms with Gasteiger partial charge >= 0.3 is 6.03 Å². The van der Waals surface area contributed by atoms with E-state index in [9.17, 15) is 9.59 Å². The molecule has 1 N–H and O–H groups in total. The van der Waals surface area contributed by atoms with Crippen molar-refractivity contribution in [1.29, 1.82) is 0 Å². The van der Waals surface area contributed by atoms with Gasteiger partial charge in [-0.15, -0.1) is 0 Å². The van der Waals surface area contributed by atoms with E-state index >= 15 is 0 Å². The van der Waals surface area contributed by atoms with Crippen molar-refractivity contribution >= 4 is 17.6 Å². The number of pyridine rings is 1. The molecular formula is C18H22N4O2. The fraction of sp³-hybridized carbons (Fsp3) is 0.278. The summed E-state index contributed by atoms with van der Waals surface area (Å²) < 4.78 is 0. The van der Waals surface area contributed by atoms with E-state index < -0.39 is 0 Å². The summed E-state index contributed by atoms with van der Waals surface area (Å²) in [6.45, 7) is 2.52. The average molecular weight is 326 g/mol. The van der Waals surface area contributed by atoms with Crippen LogP contribution in [0.25, 0.3) is 0 Å². The maximum Gasteiger partial charge on any atom is 0.321 e. The molecule has 6 nitrogen and oxygen atoms in total. The Labute approximate surface area is 142 Å². The smallest absolute Gasteiger partial charge is 0.321 e. The highest BCUT2D eigenvalue weighted by atomic mass is 16.2. The molecule has 0 unspecified atom stereocenters.